The molecule has 3 rings (SSSR count). The summed E-state index contributed by atoms with van der Waals surface area (Å²) in [5.74, 6) is 3.41. The molecule has 0 aromatic carbocycles. The number of nitrogens with zero attached hydrogens (tertiary/aromatic N) is 6. The Kier molecular flexibility index (Phi) is 3.72. The summed E-state index contributed by atoms with van der Waals surface area (Å²) in [5, 5.41) is 4.06. The first-order valence-electron chi connectivity index (χ1n) is 7.19. The maximum Gasteiger partial charge on any atom is 0.226 e. The third-order valence-electron chi connectivity index (χ3n) is 3.68. The van der Waals surface area contributed by atoms with Gasteiger partial charge in [0.1, 0.15) is 5.82 Å². The molecular weight excluding hydrogens is 268 g/mol. The smallest absolute Gasteiger partial charge is 0.226 e. The second-order valence-electron chi connectivity index (χ2n) is 5.57. The highest BCUT2D eigenvalue weighted by Crippen LogP contribution is 2.27. The van der Waals surface area contributed by atoms with Gasteiger partial charge in [-0.25, -0.2) is 4.98 Å². The predicted octanol–water partition coefficient (Wildman–Crippen LogP) is 1.62. The predicted molar refractivity (Wildman–Crippen MR) is 79.6 cm³/mol. The zero-order valence-electron chi connectivity index (χ0n) is 12.7. The molecule has 21 heavy (non-hydrogen) atoms. The quantitative estimate of drug-likeness (QED) is 0.849. The van der Waals surface area contributed by atoms with Crippen molar-refractivity contribution in [3.8, 4) is 0 Å². The van der Waals surface area contributed by atoms with Crippen LogP contribution in [-0.4, -0.2) is 47.3 Å². The first-order chi connectivity index (χ1) is 10.1. The molecule has 0 bridgehead atoms. The Balaban J connectivity index is 1.78. The van der Waals surface area contributed by atoms with E-state index in [1.54, 1.807) is 6.20 Å². The van der Waals surface area contributed by atoms with Crippen molar-refractivity contribution in [3.05, 3.63) is 24.0 Å². The fourth-order valence-electron chi connectivity index (χ4n) is 2.61. The molecule has 3 heterocycles. The van der Waals surface area contributed by atoms with Crippen LogP contribution in [0.15, 0.2) is 16.8 Å². The van der Waals surface area contributed by atoms with Crippen LogP contribution in [0.2, 0.25) is 0 Å². The lowest BCUT2D eigenvalue weighted by Crippen LogP contribution is -2.35. The summed E-state index contributed by atoms with van der Waals surface area (Å²) in [6.07, 6.45) is 3.99. The number of aryl methyl sites for hydroxylation is 1. The van der Waals surface area contributed by atoms with Crippen LogP contribution in [0, 0.1) is 6.92 Å². The number of hydrogen-bond donors (Lipinski definition) is 0. The summed E-state index contributed by atoms with van der Waals surface area (Å²) in [7, 11) is 3.89. The number of aromatic nitrogens is 4. The van der Waals surface area contributed by atoms with E-state index >= 15 is 0 Å². The van der Waals surface area contributed by atoms with Crippen molar-refractivity contribution in [3.63, 3.8) is 0 Å². The second kappa shape index (κ2) is 5.67. The van der Waals surface area contributed by atoms with E-state index in [2.05, 4.69) is 25.0 Å². The number of hydrogen-bond acceptors (Lipinski definition) is 7. The minimum absolute atomic E-state index is 0.300. The van der Waals surface area contributed by atoms with Gasteiger partial charge in [-0.05, 0) is 18.9 Å². The number of rotatable bonds is 3. The van der Waals surface area contributed by atoms with Crippen LogP contribution >= 0.6 is 0 Å². The van der Waals surface area contributed by atoms with Crippen LogP contribution in [0.1, 0.15) is 30.5 Å². The van der Waals surface area contributed by atoms with Gasteiger partial charge in [-0.3, -0.25) is 0 Å². The largest absolute Gasteiger partial charge is 0.356 e. The minimum Gasteiger partial charge on any atom is -0.356 e. The molecule has 1 atom stereocenters. The Morgan fingerprint density at radius 2 is 2.19 bits per heavy atom. The lowest BCUT2D eigenvalue weighted by Gasteiger charge is -2.32. The summed E-state index contributed by atoms with van der Waals surface area (Å²) < 4.78 is 5.10. The van der Waals surface area contributed by atoms with Gasteiger partial charge in [0.05, 0.1) is 0 Å². The van der Waals surface area contributed by atoms with Crippen molar-refractivity contribution >= 4 is 11.8 Å². The van der Waals surface area contributed by atoms with Crippen molar-refractivity contribution in [2.24, 2.45) is 0 Å². The second-order valence-corrected chi connectivity index (χ2v) is 5.57. The SMILES string of the molecule is Cc1nc(C2CCCN(c3ccnc(N(C)C)n3)C2)no1. The molecular formula is C14H20N6O. The van der Waals surface area contributed by atoms with Gasteiger partial charge in [0, 0.05) is 46.2 Å². The van der Waals surface area contributed by atoms with E-state index in [1.165, 1.54) is 0 Å². The fourth-order valence-corrected chi connectivity index (χ4v) is 2.61. The van der Waals surface area contributed by atoms with Crippen LogP contribution in [0.3, 0.4) is 0 Å². The molecule has 1 aliphatic rings. The van der Waals surface area contributed by atoms with E-state index in [-0.39, 0.29) is 0 Å². The first-order valence-corrected chi connectivity index (χ1v) is 7.19. The highest BCUT2D eigenvalue weighted by Gasteiger charge is 2.26. The highest BCUT2D eigenvalue weighted by atomic mass is 16.5. The molecule has 1 saturated heterocycles. The molecule has 0 radical (unpaired) electrons. The van der Waals surface area contributed by atoms with Crippen molar-refractivity contribution in [1.29, 1.82) is 0 Å². The van der Waals surface area contributed by atoms with Gasteiger partial charge in [-0.2, -0.15) is 9.97 Å². The summed E-state index contributed by atoms with van der Waals surface area (Å²) in [6, 6.07) is 1.96. The highest BCUT2D eigenvalue weighted by molar-refractivity contribution is 5.43. The Morgan fingerprint density at radius 3 is 2.90 bits per heavy atom. The minimum atomic E-state index is 0.300. The molecule has 0 amide bonds. The van der Waals surface area contributed by atoms with E-state index in [4.69, 9.17) is 4.52 Å². The van der Waals surface area contributed by atoms with Gasteiger partial charge >= 0.3 is 0 Å². The van der Waals surface area contributed by atoms with E-state index < -0.39 is 0 Å². The normalized spacial score (nSPS) is 18.8. The number of anilines is 2. The molecule has 0 saturated carbocycles. The Bertz CT molecular complexity index is 611. The number of piperidine rings is 1. The monoisotopic (exact) mass is 288 g/mol. The molecule has 0 aliphatic carbocycles. The Hall–Kier alpha value is -2.18. The summed E-state index contributed by atoms with van der Waals surface area (Å²) in [4.78, 5) is 17.4. The van der Waals surface area contributed by atoms with Crippen LogP contribution in [0.4, 0.5) is 11.8 Å². The van der Waals surface area contributed by atoms with E-state index in [0.717, 1.165) is 43.5 Å². The zero-order valence-corrected chi connectivity index (χ0v) is 12.7. The Labute approximate surface area is 124 Å². The molecule has 0 N–H and O–H groups in total. The molecule has 2 aromatic heterocycles. The lowest BCUT2D eigenvalue weighted by molar-refractivity contribution is 0.376. The lowest BCUT2D eigenvalue weighted by atomic mass is 9.97. The molecule has 1 unspecified atom stereocenters. The van der Waals surface area contributed by atoms with Gasteiger partial charge in [0.15, 0.2) is 5.82 Å². The molecule has 7 nitrogen and oxygen atoms in total. The standard InChI is InChI=1S/C14H20N6O/c1-10-16-13(18-21-10)11-5-4-8-20(9-11)12-6-7-15-14(17-12)19(2)3/h6-7,11H,4-5,8-9H2,1-3H3. The molecule has 0 spiro atoms. The Morgan fingerprint density at radius 1 is 1.33 bits per heavy atom. The van der Waals surface area contributed by atoms with E-state index in [0.29, 0.717) is 11.8 Å². The first kappa shape index (κ1) is 13.8. The van der Waals surface area contributed by atoms with Crippen molar-refractivity contribution in [1.82, 2.24) is 20.1 Å². The van der Waals surface area contributed by atoms with Gasteiger partial charge in [-0.15, -0.1) is 0 Å². The van der Waals surface area contributed by atoms with Gasteiger partial charge in [0.25, 0.3) is 0 Å². The maximum absolute atomic E-state index is 5.10. The van der Waals surface area contributed by atoms with Crippen LogP contribution < -0.4 is 9.80 Å². The average Bonchev–Trinajstić information content (AvgIpc) is 2.94. The average molecular weight is 288 g/mol. The van der Waals surface area contributed by atoms with Crippen LogP contribution in [-0.2, 0) is 0 Å². The summed E-state index contributed by atoms with van der Waals surface area (Å²) in [5.41, 5.74) is 0. The van der Waals surface area contributed by atoms with Crippen molar-refractivity contribution < 1.29 is 4.52 Å². The molecule has 112 valence electrons. The maximum atomic E-state index is 5.10. The van der Waals surface area contributed by atoms with Gasteiger partial charge < -0.3 is 14.3 Å². The van der Waals surface area contributed by atoms with Crippen LogP contribution in [0.5, 0.6) is 0 Å². The van der Waals surface area contributed by atoms with E-state index in [9.17, 15) is 0 Å². The molecule has 1 aliphatic heterocycles. The zero-order chi connectivity index (χ0) is 14.8. The van der Waals surface area contributed by atoms with Gasteiger partial charge in [0.2, 0.25) is 11.8 Å². The third kappa shape index (κ3) is 2.96. The van der Waals surface area contributed by atoms with Crippen molar-refractivity contribution in [2.45, 2.75) is 25.7 Å². The van der Waals surface area contributed by atoms with Gasteiger partial charge in [-0.1, -0.05) is 5.16 Å². The summed E-state index contributed by atoms with van der Waals surface area (Å²) >= 11 is 0. The molecule has 7 heteroatoms. The van der Waals surface area contributed by atoms with Crippen molar-refractivity contribution in [2.75, 3.05) is 37.0 Å². The molecule has 2 aromatic rings. The van der Waals surface area contributed by atoms with E-state index in [1.807, 2.05) is 32.0 Å². The third-order valence-corrected chi connectivity index (χ3v) is 3.68. The molecule has 1 fully saturated rings. The van der Waals surface area contributed by atoms with Crippen LogP contribution in [0.25, 0.3) is 0 Å². The topological polar surface area (TPSA) is 71.2 Å². The summed E-state index contributed by atoms with van der Waals surface area (Å²) in [6.45, 7) is 3.69. The fraction of sp³-hybridized carbons (Fsp3) is 0.571.